The van der Waals surface area contributed by atoms with E-state index in [1.165, 1.54) is 12.2 Å². The zero-order valence-electron chi connectivity index (χ0n) is 11.0. The highest BCUT2D eigenvalue weighted by atomic mass is 16.2. The molecule has 0 aromatic heterocycles. The van der Waals surface area contributed by atoms with Crippen molar-refractivity contribution in [3.8, 4) is 0 Å². The fourth-order valence-electron chi connectivity index (χ4n) is 2.26. The Kier molecular flexibility index (Phi) is 4.45. The van der Waals surface area contributed by atoms with Crippen molar-refractivity contribution in [2.45, 2.75) is 38.5 Å². The first-order valence-corrected chi connectivity index (χ1v) is 6.68. The first-order valence-electron chi connectivity index (χ1n) is 6.68. The number of carbonyl (C=O) groups excluding carboxylic acids is 4. The molecule has 2 heterocycles. The molecule has 6 heteroatoms. The minimum absolute atomic E-state index is 0.290. The van der Waals surface area contributed by atoms with Crippen molar-refractivity contribution in [2.24, 2.45) is 0 Å². The van der Waals surface area contributed by atoms with E-state index in [0.717, 1.165) is 25.7 Å². The fraction of sp³-hybridized carbons (Fsp3) is 0.429. The minimum Gasteiger partial charge on any atom is -0.289 e. The van der Waals surface area contributed by atoms with Crippen LogP contribution >= 0.6 is 0 Å². The second-order valence-electron chi connectivity index (χ2n) is 4.89. The van der Waals surface area contributed by atoms with E-state index in [9.17, 15) is 19.2 Å². The fourth-order valence-corrected chi connectivity index (χ4v) is 2.26. The van der Waals surface area contributed by atoms with Gasteiger partial charge in [-0.05, 0) is 25.7 Å². The van der Waals surface area contributed by atoms with E-state index in [1.807, 2.05) is 0 Å². The van der Waals surface area contributed by atoms with Crippen LogP contribution in [0.25, 0.3) is 0 Å². The third-order valence-electron chi connectivity index (χ3n) is 3.31. The summed E-state index contributed by atoms with van der Waals surface area (Å²) in [7, 11) is 0. The Hall–Kier alpha value is -2.24. The van der Waals surface area contributed by atoms with Crippen LogP contribution in [-0.2, 0) is 19.2 Å². The van der Waals surface area contributed by atoms with Crippen LogP contribution in [0, 0.1) is 0 Å². The Morgan fingerprint density at radius 1 is 0.650 bits per heavy atom. The number of amides is 4. The number of rotatable bonds is 7. The summed E-state index contributed by atoms with van der Waals surface area (Å²) < 4.78 is 0. The minimum atomic E-state index is -0.339. The van der Waals surface area contributed by atoms with Gasteiger partial charge in [-0.25, -0.2) is 0 Å². The molecule has 0 fully saturated rings. The lowest BCUT2D eigenvalue weighted by atomic mass is 10.0. The van der Waals surface area contributed by atoms with Gasteiger partial charge in [-0.3, -0.25) is 29.8 Å². The maximum atomic E-state index is 11.3. The monoisotopic (exact) mass is 276 g/mol. The van der Waals surface area contributed by atoms with Crippen molar-refractivity contribution < 1.29 is 19.2 Å². The van der Waals surface area contributed by atoms with Crippen LogP contribution in [-0.4, -0.2) is 23.6 Å². The molecule has 20 heavy (non-hydrogen) atoms. The number of nitrogens with one attached hydrogen (secondary N) is 2. The van der Waals surface area contributed by atoms with Gasteiger partial charge in [0.2, 0.25) is 0 Å². The molecular formula is C14H16N2O4. The molecule has 4 amide bonds. The van der Waals surface area contributed by atoms with Gasteiger partial charge in [0.25, 0.3) is 23.6 Å². The predicted octanol–water partition coefficient (Wildman–Crippen LogP) is 0.493. The largest absolute Gasteiger partial charge is 0.289 e. The van der Waals surface area contributed by atoms with Crippen LogP contribution in [0.3, 0.4) is 0 Å². The first-order chi connectivity index (χ1) is 9.56. The van der Waals surface area contributed by atoms with Gasteiger partial charge >= 0.3 is 0 Å². The highest BCUT2D eigenvalue weighted by molar-refractivity contribution is 6.16. The maximum absolute atomic E-state index is 11.3. The van der Waals surface area contributed by atoms with Gasteiger partial charge in [0, 0.05) is 23.3 Å². The molecule has 0 aromatic rings. The maximum Gasteiger partial charge on any atom is 0.254 e. The third kappa shape index (κ3) is 3.63. The Bertz CT molecular complexity index is 483. The Labute approximate surface area is 116 Å². The van der Waals surface area contributed by atoms with Crippen LogP contribution in [0.2, 0.25) is 0 Å². The van der Waals surface area contributed by atoms with Gasteiger partial charge in [0.15, 0.2) is 0 Å². The Balaban J connectivity index is 1.59. The molecule has 2 aliphatic heterocycles. The summed E-state index contributed by atoms with van der Waals surface area (Å²) in [6.45, 7) is 0. The summed E-state index contributed by atoms with van der Waals surface area (Å²) >= 11 is 0. The highest BCUT2D eigenvalue weighted by Crippen LogP contribution is 2.16. The molecule has 0 bridgehead atoms. The zero-order chi connectivity index (χ0) is 14.5. The van der Waals surface area contributed by atoms with Crippen molar-refractivity contribution in [3.63, 3.8) is 0 Å². The smallest absolute Gasteiger partial charge is 0.254 e. The molecule has 0 saturated heterocycles. The third-order valence-corrected chi connectivity index (χ3v) is 3.31. The molecule has 0 unspecified atom stereocenters. The van der Waals surface area contributed by atoms with E-state index in [1.54, 1.807) is 0 Å². The zero-order valence-corrected chi connectivity index (χ0v) is 11.0. The normalized spacial score (nSPS) is 18.0. The Morgan fingerprint density at radius 2 is 1.05 bits per heavy atom. The molecule has 2 N–H and O–H groups in total. The van der Waals surface area contributed by atoms with Crippen LogP contribution < -0.4 is 10.6 Å². The number of imide groups is 2. The van der Waals surface area contributed by atoms with Crippen molar-refractivity contribution in [2.75, 3.05) is 0 Å². The standard InChI is InChI=1S/C14H16N2O4/c17-11-7-9(13(19)15-11)5-3-1-2-4-6-10-8-12(18)16-14(10)20/h7-8H,1-6H2,(H,15,17,19)(H,16,18,20). The molecule has 0 radical (unpaired) electrons. The van der Waals surface area contributed by atoms with E-state index in [0.29, 0.717) is 24.0 Å². The molecule has 0 aliphatic carbocycles. The summed E-state index contributed by atoms with van der Waals surface area (Å²) in [5.41, 5.74) is 1.08. The van der Waals surface area contributed by atoms with Gasteiger partial charge < -0.3 is 0 Å². The molecule has 0 atom stereocenters. The molecular weight excluding hydrogens is 260 g/mol. The molecule has 6 nitrogen and oxygen atoms in total. The van der Waals surface area contributed by atoms with Gasteiger partial charge in [-0.2, -0.15) is 0 Å². The van der Waals surface area contributed by atoms with Crippen LogP contribution in [0.15, 0.2) is 23.3 Å². The number of carbonyl (C=O) groups is 4. The van der Waals surface area contributed by atoms with Crippen molar-refractivity contribution >= 4 is 23.6 Å². The van der Waals surface area contributed by atoms with Crippen molar-refractivity contribution in [3.05, 3.63) is 23.3 Å². The Morgan fingerprint density at radius 3 is 1.35 bits per heavy atom. The van der Waals surface area contributed by atoms with Gasteiger partial charge in [0.1, 0.15) is 0 Å². The second kappa shape index (κ2) is 6.27. The average molecular weight is 276 g/mol. The number of hydrogen-bond donors (Lipinski definition) is 2. The molecule has 2 aliphatic rings. The number of hydrogen-bond acceptors (Lipinski definition) is 4. The lowest BCUT2D eigenvalue weighted by molar-refractivity contribution is -0.125. The topological polar surface area (TPSA) is 92.3 Å². The van der Waals surface area contributed by atoms with E-state index in [2.05, 4.69) is 10.6 Å². The first kappa shape index (κ1) is 14.2. The average Bonchev–Trinajstić information content (AvgIpc) is 2.86. The van der Waals surface area contributed by atoms with E-state index >= 15 is 0 Å². The van der Waals surface area contributed by atoms with Crippen molar-refractivity contribution in [1.82, 2.24) is 10.6 Å². The lowest BCUT2D eigenvalue weighted by Crippen LogP contribution is -2.22. The van der Waals surface area contributed by atoms with Gasteiger partial charge in [-0.15, -0.1) is 0 Å². The molecule has 0 aromatic carbocycles. The van der Waals surface area contributed by atoms with E-state index in [4.69, 9.17) is 0 Å². The molecule has 2 rings (SSSR count). The second-order valence-corrected chi connectivity index (χ2v) is 4.89. The molecule has 0 spiro atoms. The van der Waals surface area contributed by atoms with E-state index < -0.39 is 0 Å². The lowest BCUT2D eigenvalue weighted by Gasteiger charge is -2.02. The predicted molar refractivity (Wildman–Crippen MR) is 70.2 cm³/mol. The van der Waals surface area contributed by atoms with Crippen LogP contribution in [0.5, 0.6) is 0 Å². The van der Waals surface area contributed by atoms with Gasteiger partial charge in [-0.1, -0.05) is 12.8 Å². The summed E-state index contributed by atoms with van der Waals surface area (Å²) in [5.74, 6) is -1.26. The highest BCUT2D eigenvalue weighted by Gasteiger charge is 2.20. The SMILES string of the molecule is O=C1C=C(CCCCCCC2=CC(=O)NC2=O)C(=O)N1. The summed E-state index contributed by atoms with van der Waals surface area (Å²) in [4.78, 5) is 44.4. The van der Waals surface area contributed by atoms with E-state index in [-0.39, 0.29) is 23.6 Å². The van der Waals surface area contributed by atoms with Crippen LogP contribution in [0.1, 0.15) is 38.5 Å². The number of unbranched alkanes of at least 4 members (excludes halogenated alkanes) is 3. The summed E-state index contributed by atoms with van der Waals surface area (Å²) in [5, 5.41) is 4.42. The van der Waals surface area contributed by atoms with Crippen molar-refractivity contribution in [1.29, 1.82) is 0 Å². The molecule has 0 saturated carbocycles. The summed E-state index contributed by atoms with van der Waals surface area (Å²) in [6, 6.07) is 0. The van der Waals surface area contributed by atoms with Gasteiger partial charge in [0.05, 0.1) is 0 Å². The quantitative estimate of drug-likeness (QED) is 0.523. The summed E-state index contributed by atoms with van der Waals surface area (Å²) in [6.07, 6.45) is 7.39. The van der Waals surface area contributed by atoms with Crippen LogP contribution in [0.4, 0.5) is 0 Å². The molecule has 106 valence electrons.